The molecule has 3 aliphatic carbocycles. The molecule has 3 saturated carbocycles. The molecule has 1 amide bonds. The first-order valence-electron chi connectivity index (χ1n) is 30.8. The number of carbonyl (C=O) groups is 1. The fraction of sp³-hybridized carbons (Fsp3) is 0.269. The molecular weight excluding hydrogens is 1230 g/mol. The van der Waals surface area contributed by atoms with Crippen LogP contribution in [-0.2, 0) is 46.1 Å². The molecule has 5 N–H and O–H groups in total. The molecule has 14 rings (SSSR count). The van der Waals surface area contributed by atoms with Gasteiger partial charge >= 0.3 is 0 Å². The lowest BCUT2D eigenvalue weighted by Crippen LogP contribution is -2.28. The van der Waals surface area contributed by atoms with Crippen molar-refractivity contribution >= 4 is 57.4 Å². The van der Waals surface area contributed by atoms with Gasteiger partial charge < -0.3 is 40.8 Å². The lowest BCUT2D eigenvalue weighted by Gasteiger charge is -2.16. The number of hydrogen-bond donors (Lipinski definition) is 5. The van der Waals surface area contributed by atoms with Crippen LogP contribution in [-0.4, -0.2) is 101 Å². The fourth-order valence-corrected chi connectivity index (χ4v) is 10.4. The highest BCUT2D eigenvalue weighted by atomic mass is 19.1. The van der Waals surface area contributed by atoms with Gasteiger partial charge in [-0.15, -0.1) is 0 Å². The van der Waals surface area contributed by atoms with E-state index in [9.17, 15) is 28.0 Å². The van der Waals surface area contributed by atoms with Crippen molar-refractivity contribution in [3.63, 3.8) is 0 Å². The molecule has 3 aliphatic rings. The Morgan fingerprint density at radius 1 is 0.469 bits per heavy atom. The fourth-order valence-electron chi connectivity index (χ4n) is 10.4. The normalized spacial score (nSPS) is 13.1. The molecule has 0 radical (unpaired) electrons. The zero-order valence-corrected chi connectivity index (χ0v) is 53.5. The van der Waals surface area contributed by atoms with Gasteiger partial charge in [0, 0.05) is 65.0 Å². The lowest BCUT2D eigenvalue weighted by molar-refractivity contribution is -0.117. The van der Waals surface area contributed by atoms with E-state index in [-0.39, 0.29) is 39.9 Å². The molecule has 6 aromatic heterocycles. The standard InChI is InChI=1S/C24H22F2N6O2.C22H25N7O3.C21H21N7O2/c1-31-13-27-23(30-31)15-5-3-8-18(22(15)34-2)28-20-11-19(21-16(25)6-4-7-17(21)26)29-32(24(20)33)12-14-9-10-14;1-28-12-23-20(27-28)15-4-3-5-16(19(15)32-2)24-17-10-18(25-21(30)14-8-9-14)26-29(22(17)31)11-13-6-7-13;1-27-13-22-20(26-27)15-10-7-11-16(19(15)30-3)24-17-12-18(25-28(2)21(17)29)23-14-8-5-4-6-9-14/h3-8,11,13-14,28H,9-10,12H2,1-2H3;3-5,10,12-14,24H,6-9,11H2,1-2H3,(H,25,26,30);4-13,24H,1-3H3,(H,23,25). The highest BCUT2D eigenvalue weighted by Gasteiger charge is 2.31. The summed E-state index contributed by atoms with van der Waals surface area (Å²) in [6.45, 7) is 0.919. The summed E-state index contributed by atoms with van der Waals surface area (Å²) < 4.78 is 54.8. The first kappa shape index (κ1) is 64.2. The Morgan fingerprint density at radius 2 is 0.896 bits per heavy atom. The summed E-state index contributed by atoms with van der Waals surface area (Å²) in [6, 6.07) is 34.2. The van der Waals surface area contributed by atoms with Crippen molar-refractivity contribution < 1.29 is 27.8 Å². The highest BCUT2D eigenvalue weighted by molar-refractivity contribution is 5.93. The number of benzene rings is 5. The van der Waals surface area contributed by atoms with Crippen LogP contribution in [0.2, 0.25) is 0 Å². The first-order valence-corrected chi connectivity index (χ1v) is 30.8. The van der Waals surface area contributed by atoms with E-state index in [1.54, 1.807) is 106 Å². The SMILES string of the molecule is COc1c(Nc2cc(-c3c(F)cccc3F)nn(CC3CC3)c2=O)cccc1-c1ncn(C)n1.COc1c(Nc2cc(NC(=O)C3CC3)nn(CC3CC3)c2=O)cccc1-c1ncn(C)n1.COc1c(Nc2cc(Nc3ccccc3)nn(C)c2=O)cccc1-c1ncn(C)n1. The Morgan fingerprint density at radius 3 is 1.32 bits per heavy atom. The van der Waals surface area contributed by atoms with Crippen LogP contribution in [0.1, 0.15) is 38.5 Å². The van der Waals surface area contributed by atoms with Crippen LogP contribution < -0.4 is 57.5 Å². The number of nitrogens with zero attached hydrogens (tertiary/aromatic N) is 15. The second-order valence-corrected chi connectivity index (χ2v) is 23.2. The molecule has 0 unspecified atom stereocenters. The van der Waals surface area contributed by atoms with Crippen LogP contribution in [0.15, 0.2) is 155 Å². The van der Waals surface area contributed by atoms with Crippen molar-refractivity contribution in [3.05, 3.63) is 183 Å². The van der Waals surface area contributed by atoms with Crippen LogP contribution in [0.4, 0.5) is 60.2 Å². The van der Waals surface area contributed by atoms with Crippen LogP contribution in [0.3, 0.4) is 0 Å². The summed E-state index contributed by atoms with van der Waals surface area (Å²) in [5.41, 5.74) is 4.25. The van der Waals surface area contributed by atoms with E-state index in [4.69, 9.17) is 14.2 Å². The van der Waals surface area contributed by atoms with Crippen molar-refractivity contribution in [2.75, 3.05) is 47.9 Å². The Kier molecular flexibility index (Phi) is 18.8. The van der Waals surface area contributed by atoms with Crippen LogP contribution in [0, 0.1) is 29.4 Å². The van der Waals surface area contributed by atoms with Crippen LogP contribution in [0.5, 0.6) is 17.2 Å². The zero-order chi connectivity index (χ0) is 67.1. The van der Waals surface area contributed by atoms with Crippen molar-refractivity contribution in [2.45, 2.75) is 51.6 Å². The maximum Gasteiger partial charge on any atom is 0.290 e. The smallest absolute Gasteiger partial charge is 0.290 e. The zero-order valence-electron chi connectivity index (χ0n) is 53.5. The molecule has 29 heteroatoms. The third-order valence-corrected chi connectivity index (χ3v) is 15.7. The monoisotopic (exact) mass is 1300 g/mol. The lowest BCUT2D eigenvalue weighted by atomic mass is 10.1. The van der Waals surface area contributed by atoms with Crippen molar-refractivity contribution in [3.8, 4) is 62.7 Å². The van der Waals surface area contributed by atoms with Gasteiger partial charge in [0.25, 0.3) is 16.7 Å². The molecule has 3 fully saturated rings. The van der Waals surface area contributed by atoms with Gasteiger partial charge in [-0.05, 0) is 117 Å². The predicted octanol–water partition coefficient (Wildman–Crippen LogP) is 9.77. The minimum absolute atomic E-state index is 0.0277. The minimum atomic E-state index is -0.754. The van der Waals surface area contributed by atoms with E-state index < -0.39 is 17.2 Å². The number of aromatic nitrogens is 15. The van der Waals surface area contributed by atoms with Gasteiger partial charge in [-0.1, -0.05) is 42.5 Å². The van der Waals surface area contributed by atoms with Crippen molar-refractivity contribution in [1.29, 1.82) is 0 Å². The number of halogens is 2. The summed E-state index contributed by atoms with van der Waals surface area (Å²) in [7, 11) is 11.6. The van der Waals surface area contributed by atoms with Gasteiger partial charge in [0.2, 0.25) is 5.91 Å². The third-order valence-electron chi connectivity index (χ3n) is 15.7. The van der Waals surface area contributed by atoms with Crippen molar-refractivity contribution in [2.24, 2.45) is 45.9 Å². The topological polar surface area (TPSA) is 302 Å². The maximum atomic E-state index is 14.5. The molecule has 0 bridgehead atoms. The molecule has 6 heterocycles. The van der Waals surface area contributed by atoms with Crippen LogP contribution in [0.25, 0.3) is 45.4 Å². The van der Waals surface area contributed by atoms with Gasteiger partial charge in [0.1, 0.15) is 47.7 Å². The molecule has 0 aliphatic heterocycles. The summed E-state index contributed by atoms with van der Waals surface area (Å²) in [6.07, 6.45) is 10.7. The summed E-state index contributed by atoms with van der Waals surface area (Å²) in [5.74, 6) is 3.16. The Bertz CT molecular complexity index is 4820. The Balaban J connectivity index is 0.000000138. The van der Waals surface area contributed by atoms with Gasteiger partial charge in [-0.25, -0.2) is 37.8 Å². The Labute approximate surface area is 547 Å². The summed E-state index contributed by atoms with van der Waals surface area (Å²) >= 11 is 0. The summed E-state index contributed by atoms with van der Waals surface area (Å²) in [4.78, 5) is 64.2. The van der Waals surface area contributed by atoms with Gasteiger partial charge in [-0.2, -0.15) is 30.6 Å². The molecule has 27 nitrogen and oxygen atoms in total. The number of methoxy groups -OCH3 is 3. The first-order chi connectivity index (χ1) is 46.5. The second-order valence-electron chi connectivity index (χ2n) is 23.2. The largest absolute Gasteiger partial charge is 0.494 e. The van der Waals surface area contributed by atoms with Crippen molar-refractivity contribution in [1.82, 2.24) is 73.6 Å². The molecular formula is C67H68F2N20O7. The molecule has 0 atom stereocenters. The number of hydrogen-bond acceptors (Lipinski definition) is 20. The molecule has 11 aromatic rings. The number of amides is 1. The summed E-state index contributed by atoms with van der Waals surface area (Å²) in [5, 5.41) is 41.5. The van der Waals surface area contributed by atoms with E-state index in [2.05, 4.69) is 72.1 Å². The van der Waals surface area contributed by atoms with E-state index in [0.717, 1.165) is 61.9 Å². The average Bonchev–Trinajstić information content (AvgIpc) is 1.55. The number of rotatable bonds is 21. The van der Waals surface area contributed by atoms with Gasteiger partial charge in [-0.3, -0.25) is 33.2 Å². The third kappa shape index (κ3) is 14.9. The quantitative estimate of drug-likeness (QED) is 0.0447. The van der Waals surface area contributed by atoms with Gasteiger partial charge in [0.05, 0.1) is 66.3 Å². The number of para-hydroxylation sites is 4. The highest BCUT2D eigenvalue weighted by Crippen LogP contribution is 2.40. The second kappa shape index (κ2) is 28.1. The van der Waals surface area contributed by atoms with Crippen LogP contribution >= 0.6 is 0 Å². The van der Waals surface area contributed by atoms with Gasteiger partial charge in [0.15, 0.2) is 46.4 Å². The molecule has 492 valence electrons. The molecule has 5 aromatic carbocycles. The molecule has 0 spiro atoms. The van der Waals surface area contributed by atoms with E-state index in [1.807, 2.05) is 66.7 Å². The number of ether oxygens (including phenoxy) is 3. The molecule has 0 saturated heterocycles. The van der Waals surface area contributed by atoms with E-state index in [1.165, 1.54) is 33.3 Å². The predicted molar refractivity (Wildman–Crippen MR) is 357 cm³/mol. The minimum Gasteiger partial charge on any atom is -0.494 e. The van der Waals surface area contributed by atoms with E-state index in [0.29, 0.717) is 111 Å². The maximum absolute atomic E-state index is 14.5. The number of aryl methyl sites for hydroxylation is 4. The number of nitrogens with one attached hydrogen (secondary N) is 5. The Hall–Kier alpha value is -11.9. The number of anilines is 9. The van der Waals surface area contributed by atoms with E-state index >= 15 is 0 Å². The number of carbonyl (C=O) groups excluding carboxylic acids is 1. The average molecular weight is 1300 g/mol. The molecule has 96 heavy (non-hydrogen) atoms.